The number of halogens is 1. The SMILES string of the molecule is CCCn1nccc1C(N)c1ccc(Br)cn1. The summed E-state index contributed by atoms with van der Waals surface area (Å²) >= 11 is 3.36. The molecular weight excluding hydrogens is 280 g/mol. The van der Waals surface area contributed by atoms with Crippen molar-refractivity contribution in [2.45, 2.75) is 25.9 Å². The quantitative estimate of drug-likeness (QED) is 0.943. The fraction of sp³-hybridized carbons (Fsp3) is 0.333. The lowest BCUT2D eigenvalue weighted by atomic mass is 10.1. The molecule has 17 heavy (non-hydrogen) atoms. The van der Waals surface area contributed by atoms with Crippen molar-refractivity contribution in [2.24, 2.45) is 5.73 Å². The van der Waals surface area contributed by atoms with Crippen LogP contribution < -0.4 is 5.73 Å². The van der Waals surface area contributed by atoms with Crippen LogP contribution in [0.3, 0.4) is 0 Å². The Balaban J connectivity index is 2.26. The first-order chi connectivity index (χ1) is 8.22. The first-order valence-corrected chi connectivity index (χ1v) is 6.40. The van der Waals surface area contributed by atoms with Crippen molar-refractivity contribution in [2.75, 3.05) is 0 Å². The molecule has 0 aliphatic rings. The molecule has 1 atom stereocenters. The van der Waals surface area contributed by atoms with Gasteiger partial charge in [-0.25, -0.2) is 0 Å². The van der Waals surface area contributed by atoms with Crippen LogP contribution in [0.2, 0.25) is 0 Å². The lowest BCUT2D eigenvalue weighted by Gasteiger charge is -2.13. The number of nitrogens with zero attached hydrogens (tertiary/aromatic N) is 3. The summed E-state index contributed by atoms with van der Waals surface area (Å²) in [6.45, 7) is 3.00. The van der Waals surface area contributed by atoms with Gasteiger partial charge in [-0.05, 0) is 40.5 Å². The van der Waals surface area contributed by atoms with Crippen molar-refractivity contribution in [3.63, 3.8) is 0 Å². The van der Waals surface area contributed by atoms with E-state index < -0.39 is 0 Å². The Morgan fingerprint density at radius 3 is 2.88 bits per heavy atom. The molecule has 0 amide bonds. The second-order valence-corrected chi connectivity index (χ2v) is 4.77. The normalized spacial score (nSPS) is 12.6. The molecule has 2 rings (SSSR count). The molecule has 2 heterocycles. The van der Waals surface area contributed by atoms with Crippen molar-refractivity contribution < 1.29 is 0 Å². The van der Waals surface area contributed by atoms with E-state index in [-0.39, 0.29) is 6.04 Å². The Kier molecular flexibility index (Phi) is 3.91. The van der Waals surface area contributed by atoms with Gasteiger partial charge in [-0.1, -0.05) is 6.92 Å². The van der Waals surface area contributed by atoms with E-state index in [1.807, 2.05) is 22.9 Å². The molecule has 90 valence electrons. The average Bonchev–Trinajstić information content (AvgIpc) is 2.78. The number of nitrogens with two attached hydrogens (primary N) is 1. The van der Waals surface area contributed by atoms with Crippen LogP contribution in [0.15, 0.2) is 35.1 Å². The second kappa shape index (κ2) is 5.42. The maximum atomic E-state index is 6.20. The molecule has 0 aliphatic heterocycles. The van der Waals surface area contributed by atoms with Crippen molar-refractivity contribution in [3.05, 3.63) is 46.5 Å². The van der Waals surface area contributed by atoms with E-state index in [0.29, 0.717) is 0 Å². The van der Waals surface area contributed by atoms with Gasteiger partial charge in [0, 0.05) is 23.4 Å². The molecule has 2 N–H and O–H groups in total. The fourth-order valence-electron chi connectivity index (χ4n) is 1.73. The van der Waals surface area contributed by atoms with E-state index in [4.69, 9.17) is 5.73 Å². The molecule has 1 unspecified atom stereocenters. The lowest BCUT2D eigenvalue weighted by Crippen LogP contribution is -2.18. The molecule has 0 radical (unpaired) electrons. The van der Waals surface area contributed by atoms with Crippen LogP contribution in [-0.4, -0.2) is 14.8 Å². The highest BCUT2D eigenvalue weighted by atomic mass is 79.9. The van der Waals surface area contributed by atoms with Crippen molar-refractivity contribution in [1.82, 2.24) is 14.8 Å². The molecule has 0 aliphatic carbocycles. The molecule has 0 fully saturated rings. The van der Waals surface area contributed by atoms with Gasteiger partial charge in [0.2, 0.25) is 0 Å². The first kappa shape index (κ1) is 12.3. The number of hydrogen-bond donors (Lipinski definition) is 1. The van der Waals surface area contributed by atoms with Gasteiger partial charge in [-0.15, -0.1) is 0 Å². The summed E-state index contributed by atoms with van der Waals surface area (Å²) in [6.07, 6.45) is 4.58. The third-order valence-electron chi connectivity index (χ3n) is 2.57. The van der Waals surface area contributed by atoms with E-state index in [1.165, 1.54) is 0 Å². The molecule has 0 bridgehead atoms. The smallest absolute Gasteiger partial charge is 0.0896 e. The van der Waals surface area contributed by atoms with Crippen LogP contribution in [0.4, 0.5) is 0 Å². The zero-order chi connectivity index (χ0) is 12.3. The number of aromatic nitrogens is 3. The maximum absolute atomic E-state index is 6.20. The van der Waals surface area contributed by atoms with Gasteiger partial charge >= 0.3 is 0 Å². The van der Waals surface area contributed by atoms with E-state index in [9.17, 15) is 0 Å². The lowest BCUT2D eigenvalue weighted by molar-refractivity contribution is 0.557. The third kappa shape index (κ3) is 2.73. The Morgan fingerprint density at radius 1 is 1.41 bits per heavy atom. The molecule has 0 saturated heterocycles. The van der Waals surface area contributed by atoms with Crippen molar-refractivity contribution in [1.29, 1.82) is 0 Å². The third-order valence-corrected chi connectivity index (χ3v) is 3.04. The van der Waals surface area contributed by atoms with Crippen LogP contribution in [0, 0.1) is 0 Å². The fourth-order valence-corrected chi connectivity index (χ4v) is 1.96. The van der Waals surface area contributed by atoms with E-state index in [1.54, 1.807) is 12.4 Å². The summed E-state index contributed by atoms with van der Waals surface area (Å²) in [5.41, 5.74) is 8.06. The minimum atomic E-state index is -0.225. The molecule has 5 heteroatoms. The average molecular weight is 295 g/mol. The van der Waals surface area contributed by atoms with Crippen LogP contribution >= 0.6 is 15.9 Å². The molecule has 0 spiro atoms. The first-order valence-electron chi connectivity index (χ1n) is 5.61. The number of pyridine rings is 1. The Morgan fingerprint density at radius 2 is 2.24 bits per heavy atom. The van der Waals surface area contributed by atoms with Gasteiger partial charge < -0.3 is 5.73 Å². The number of hydrogen-bond acceptors (Lipinski definition) is 3. The summed E-state index contributed by atoms with van der Waals surface area (Å²) in [4.78, 5) is 4.32. The Labute approximate surface area is 109 Å². The van der Waals surface area contributed by atoms with Gasteiger partial charge in [0.15, 0.2) is 0 Å². The molecule has 2 aromatic rings. The Hall–Kier alpha value is -1.20. The number of rotatable bonds is 4. The highest BCUT2D eigenvalue weighted by molar-refractivity contribution is 9.10. The molecule has 2 aromatic heterocycles. The zero-order valence-electron chi connectivity index (χ0n) is 9.68. The van der Waals surface area contributed by atoms with Crippen molar-refractivity contribution in [3.8, 4) is 0 Å². The van der Waals surface area contributed by atoms with E-state index >= 15 is 0 Å². The van der Waals surface area contributed by atoms with Gasteiger partial charge in [0.1, 0.15) is 0 Å². The number of aryl methyl sites for hydroxylation is 1. The summed E-state index contributed by atoms with van der Waals surface area (Å²) < 4.78 is 2.89. The summed E-state index contributed by atoms with van der Waals surface area (Å²) in [7, 11) is 0. The van der Waals surface area contributed by atoms with E-state index in [0.717, 1.165) is 28.8 Å². The van der Waals surface area contributed by atoms with Crippen molar-refractivity contribution >= 4 is 15.9 Å². The van der Waals surface area contributed by atoms with Crippen LogP contribution in [0.1, 0.15) is 30.8 Å². The topological polar surface area (TPSA) is 56.7 Å². The van der Waals surface area contributed by atoms with Crippen LogP contribution in [-0.2, 0) is 6.54 Å². The van der Waals surface area contributed by atoms with Gasteiger partial charge in [-0.3, -0.25) is 9.67 Å². The van der Waals surface area contributed by atoms with E-state index in [2.05, 4.69) is 32.9 Å². The monoisotopic (exact) mass is 294 g/mol. The molecule has 0 saturated carbocycles. The standard InChI is InChI=1S/C12H15BrN4/c1-2-7-17-11(5-6-16-17)12(14)10-4-3-9(13)8-15-10/h3-6,8,12H,2,7,14H2,1H3. The second-order valence-electron chi connectivity index (χ2n) is 3.86. The van der Waals surface area contributed by atoms with Crippen LogP contribution in [0.25, 0.3) is 0 Å². The molecule has 0 aromatic carbocycles. The maximum Gasteiger partial charge on any atom is 0.0896 e. The molecular formula is C12H15BrN4. The summed E-state index contributed by atoms with van der Waals surface area (Å²) in [6, 6.07) is 5.60. The predicted molar refractivity (Wildman–Crippen MR) is 70.5 cm³/mol. The van der Waals surface area contributed by atoms with Gasteiger partial charge in [0.25, 0.3) is 0 Å². The predicted octanol–water partition coefficient (Wildman–Crippen LogP) is 2.50. The van der Waals surface area contributed by atoms with Crippen LogP contribution in [0.5, 0.6) is 0 Å². The highest BCUT2D eigenvalue weighted by Gasteiger charge is 2.14. The minimum absolute atomic E-state index is 0.225. The molecule has 4 nitrogen and oxygen atoms in total. The Bertz CT molecular complexity index is 478. The highest BCUT2D eigenvalue weighted by Crippen LogP contribution is 2.19. The summed E-state index contributed by atoms with van der Waals surface area (Å²) in [5.74, 6) is 0. The largest absolute Gasteiger partial charge is 0.318 e. The summed E-state index contributed by atoms with van der Waals surface area (Å²) in [5, 5.41) is 4.27. The zero-order valence-corrected chi connectivity index (χ0v) is 11.3. The minimum Gasteiger partial charge on any atom is -0.318 e. The van der Waals surface area contributed by atoms with Gasteiger partial charge in [-0.2, -0.15) is 5.10 Å². The van der Waals surface area contributed by atoms with Gasteiger partial charge in [0.05, 0.1) is 17.4 Å².